The number of nitrogens with one attached hydrogen (secondary N) is 1. The van der Waals surface area contributed by atoms with Crippen LogP contribution in [0.15, 0.2) is 42.5 Å². The molecule has 6 heteroatoms. The summed E-state index contributed by atoms with van der Waals surface area (Å²) in [4.78, 5) is 25.8. The molecule has 3 rings (SSSR count). The number of Topliss-reactive ketones (excluding diaryl/α,β-unsaturated/α-hetero) is 1. The minimum Gasteiger partial charge on any atom is -0.382 e. The first-order valence-corrected chi connectivity index (χ1v) is 8.57. The maximum Gasteiger partial charge on any atom is 0.256 e. The molecule has 136 valence electrons. The molecule has 1 aliphatic rings. The van der Waals surface area contributed by atoms with Gasteiger partial charge in [0, 0.05) is 24.8 Å². The van der Waals surface area contributed by atoms with Crippen molar-refractivity contribution in [2.24, 2.45) is 0 Å². The molecule has 1 heterocycles. The summed E-state index contributed by atoms with van der Waals surface area (Å²) in [6.45, 7) is 2.27. The summed E-state index contributed by atoms with van der Waals surface area (Å²) in [6, 6.07) is 10.4. The van der Waals surface area contributed by atoms with Gasteiger partial charge in [0.15, 0.2) is 5.78 Å². The molecular formula is C20H20F2N2O2. The van der Waals surface area contributed by atoms with Gasteiger partial charge in [-0.05, 0) is 44.0 Å². The van der Waals surface area contributed by atoms with E-state index in [1.807, 2.05) is 0 Å². The van der Waals surface area contributed by atoms with Crippen molar-refractivity contribution in [2.75, 3.05) is 18.4 Å². The van der Waals surface area contributed by atoms with E-state index in [1.165, 1.54) is 25.1 Å². The van der Waals surface area contributed by atoms with E-state index >= 15 is 0 Å². The summed E-state index contributed by atoms with van der Waals surface area (Å²) in [6.07, 6.45) is 1.27. The van der Waals surface area contributed by atoms with E-state index in [1.54, 1.807) is 29.2 Å². The van der Waals surface area contributed by atoms with Crippen LogP contribution in [0.1, 0.15) is 40.5 Å². The molecule has 1 N–H and O–H groups in total. The van der Waals surface area contributed by atoms with Gasteiger partial charge >= 0.3 is 0 Å². The fourth-order valence-corrected chi connectivity index (χ4v) is 3.25. The van der Waals surface area contributed by atoms with Crippen molar-refractivity contribution in [1.29, 1.82) is 0 Å². The van der Waals surface area contributed by atoms with Gasteiger partial charge in [-0.25, -0.2) is 8.78 Å². The number of ketones is 1. The molecule has 0 aromatic heterocycles. The van der Waals surface area contributed by atoms with Crippen LogP contribution in [0, 0.1) is 11.6 Å². The molecular weight excluding hydrogens is 338 g/mol. The van der Waals surface area contributed by atoms with Gasteiger partial charge in [0.05, 0.1) is 11.1 Å². The van der Waals surface area contributed by atoms with Gasteiger partial charge in [0.2, 0.25) is 0 Å². The van der Waals surface area contributed by atoms with Crippen LogP contribution in [0.25, 0.3) is 0 Å². The van der Waals surface area contributed by atoms with Gasteiger partial charge in [0.1, 0.15) is 11.6 Å². The van der Waals surface area contributed by atoms with Crippen LogP contribution < -0.4 is 5.32 Å². The Morgan fingerprint density at radius 3 is 2.31 bits per heavy atom. The predicted octanol–water partition coefficient (Wildman–Crippen LogP) is 3.88. The fourth-order valence-electron chi connectivity index (χ4n) is 3.25. The highest BCUT2D eigenvalue weighted by Gasteiger charge is 2.26. The van der Waals surface area contributed by atoms with Gasteiger partial charge in [-0.2, -0.15) is 0 Å². The van der Waals surface area contributed by atoms with Gasteiger partial charge < -0.3 is 10.2 Å². The van der Waals surface area contributed by atoms with Gasteiger partial charge in [-0.15, -0.1) is 0 Å². The zero-order valence-electron chi connectivity index (χ0n) is 14.5. The Balaban J connectivity index is 1.65. The summed E-state index contributed by atoms with van der Waals surface area (Å²) in [7, 11) is 0. The van der Waals surface area contributed by atoms with Crippen LogP contribution in [0.3, 0.4) is 0 Å². The first kappa shape index (κ1) is 18.0. The second kappa shape index (κ2) is 7.64. The molecule has 2 aromatic carbocycles. The Kier molecular flexibility index (Phi) is 5.30. The molecule has 0 aliphatic carbocycles. The molecule has 1 amide bonds. The predicted molar refractivity (Wildman–Crippen MR) is 95.4 cm³/mol. The highest BCUT2D eigenvalue weighted by Crippen LogP contribution is 2.24. The summed E-state index contributed by atoms with van der Waals surface area (Å²) in [5.74, 6) is -1.73. The molecule has 0 saturated carbocycles. The number of halogens is 2. The Bertz CT molecular complexity index is 830. The molecule has 0 spiro atoms. The van der Waals surface area contributed by atoms with Crippen molar-refractivity contribution in [3.8, 4) is 0 Å². The second-order valence-corrected chi connectivity index (χ2v) is 6.41. The molecule has 4 nitrogen and oxygen atoms in total. The van der Waals surface area contributed by atoms with E-state index in [9.17, 15) is 18.4 Å². The van der Waals surface area contributed by atoms with Gasteiger partial charge in [-0.3, -0.25) is 9.59 Å². The van der Waals surface area contributed by atoms with Crippen LogP contribution in [0.2, 0.25) is 0 Å². The summed E-state index contributed by atoms with van der Waals surface area (Å²) in [5, 5.41) is 3.21. The molecule has 0 unspecified atom stereocenters. The van der Waals surface area contributed by atoms with Crippen LogP contribution in [-0.2, 0) is 0 Å². The maximum atomic E-state index is 13.9. The minimum atomic E-state index is -0.547. The molecule has 1 fully saturated rings. The summed E-state index contributed by atoms with van der Waals surface area (Å²) >= 11 is 0. The highest BCUT2D eigenvalue weighted by molar-refractivity contribution is 5.99. The number of carbonyl (C=O) groups is 2. The van der Waals surface area contributed by atoms with Crippen molar-refractivity contribution in [3.63, 3.8) is 0 Å². The van der Waals surface area contributed by atoms with Gasteiger partial charge in [-0.1, -0.05) is 18.2 Å². The van der Waals surface area contributed by atoms with Crippen molar-refractivity contribution < 1.29 is 18.4 Å². The number of hydrogen-bond acceptors (Lipinski definition) is 3. The number of rotatable bonds is 4. The third-order valence-electron chi connectivity index (χ3n) is 4.61. The van der Waals surface area contributed by atoms with Crippen LogP contribution in [0.4, 0.5) is 14.5 Å². The fraction of sp³-hybridized carbons (Fsp3) is 0.300. The number of hydrogen-bond donors (Lipinski definition) is 1. The lowest BCUT2D eigenvalue weighted by Gasteiger charge is -2.33. The zero-order chi connectivity index (χ0) is 18.7. The Labute approximate surface area is 150 Å². The summed E-state index contributed by atoms with van der Waals surface area (Å²) in [5.41, 5.74) is 0.594. The normalized spacial score (nSPS) is 15.0. The molecule has 26 heavy (non-hydrogen) atoms. The average molecular weight is 358 g/mol. The lowest BCUT2D eigenvalue weighted by molar-refractivity contribution is 0.0713. The first-order valence-electron chi connectivity index (χ1n) is 8.57. The average Bonchev–Trinajstić information content (AvgIpc) is 2.62. The SMILES string of the molecule is CC(=O)c1c(F)cccc1NC1CCN(C(=O)c2ccccc2F)CC1. The molecule has 0 bridgehead atoms. The number of carbonyl (C=O) groups excluding carboxylic acids is 2. The molecule has 2 aromatic rings. The third-order valence-corrected chi connectivity index (χ3v) is 4.61. The largest absolute Gasteiger partial charge is 0.382 e. The van der Waals surface area contributed by atoms with E-state index in [-0.39, 0.29) is 28.9 Å². The Morgan fingerprint density at radius 1 is 1.00 bits per heavy atom. The Hall–Kier alpha value is -2.76. The van der Waals surface area contributed by atoms with Crippen molar-refractivity contribution in [2.45, 2.75) is 25.8 Å². The van der Waals surface area contributed by atoms with Crippen LogP contribution >= 0.6 is 0 Å². The van der Waals surface area contributed by atoms with Crippen molar-refractivity contribution >= 4 is 17.4 Å². The lowest BCUT2D eigenvalue weighted by atomic mass is 10.0. The molecule has 1 saturated heterocycles. The smallest absolute Gasteiger partial charge is 0.256 e. The monoisotopic (exact) mass is 358 g/mol. The first-order chi connectivity index (χ1) is 12.5. The van der Waals surface area contributed by atoms with E-state index < -0.39 is 11.6 Å². The number of amides is 1. The van der Waals surface area contributed by atoms with Crippen LogP contribution in [0.5, 0.6) is 0 Å². The third kappa shape index (κ3) is 3.74. The number of benzene rings is 2. The topological polar surface area (TPSA) is 49.4 Å². The lowest BCUT2D eigenvalue weighted by Crippen LogP contribution is -2.42. The zero-order valence-corrected chi connectivity index (χ0v) is 14.5. The van der Waals surface area contributed by atoms with Crippen molar-refractivity contribution in [1.82, 2.24) is 4.90 Å². The van der Waals surface area contributed by atoms with Crippen LogP contribution in [-0.4, -0.2) is 35.7 Å². The Morgan fingerprint density at radius 2 is 1.65 bits per heavy atom. The van der Waals surface area contributed by atoms with E-state index in [2.05, 4.69) is 5.32 Å². The maximum absolute atomic E-state index is 13.9. The van der Waals surface area contributed by atoms with Gasteiger partial charge in [0.25, 0.3) is 5.91 Å². The van der Waals surface area contributed by atoms with E-state index in [4.69, 9.17) is 0 Å². The van der Waals surface area contributed by atoms with E-state index in [0.29, 0.717) is 31.6 Å². The minimum absolute atomic E-state index is 0.0135. The second-order valence-electron chi connectivity index (χ2n) is 6.41. The quantitative estimate of drug-likeness (QED) is 0.844. The molecule has 1 aliphatic heterocycles. The van der Waals surface area contributed by atoms with Crippen molar-refractivity contribution in [3.05, 3.63) is 65.2 Å². The molecule has 0 atom stereocenters. The molecule has 0 radical (unpaired) electrons. The summed E-state index contributed by atoms with van der Waals surface area (Å²) < 4.78 is 27.7. The highest BCUT2D eigenvalue weighted by atomic mass is 19.1. The number of nitrogens with zero attached hydrogens (tertiary/aromatic N) is 1. The number of anilines is 1. The number of piperidine rings is 1. The number of likely N-dealkylation sites (tertiary alicyclic amines) is 1. The van der Waals surface area contributed by atoms with E-state index in [0.717, 1.165) is 0 Å². The standard InChI is InChI=1S/C20H20F2N2O2/c1-13(25)19-17(22)7-4-8-18(19)23-14-9-11-24(12-10-14)20(26)15-5-2-3-6-16(15)21/h2-8,14,23H,9-12H2,1H3.